The van der Waals surface area contributed by atoms with Crippen molar-refractivity contribution in [1.82, 2.24) is 20.1 Å². The smallest absolute Gasteiger partial charge is 0.230 e. The Kier molecular flexibility index (Phi) is 5.48. The number of nitrogens with one attached hydrogen (secondary N) is 1. The minimum atomic E-state index is 0.0368. The summed E-state index contributed by atoms with van der Waals surface area (Å²) < 4.78 is 2.07. The molecular weight excluding hydrogens is 368 g/mol. The van der Waals surface area contributed by atoms with Crippen molar-refractivity contribution < 1.29 is 4.79 Å². The first-order valence-corrected chi connectivity index (χ1v) is 10.6. The SMILES string of the molecule is CCn1c(SCC(=O)NC2CCc3ccccc32)nnc1-c1ccccc1C. The van der Waals surface area contributed by atoms with E-state index in [1.54, 1.807) is 0 Å². The lowest BCUT2D eigenvalue weighted by molar-refractivity contribution is -0.119. The van der Waals surface area contributed by atoms with Gasteiger partial charge in [0.1, 0.15) is 0 Å². The number of nitrogens with zero attached hydrogens (tertiary/aromatic N) is 3. The van der Waals surface area contributed by atoms with Gasteiger partial charge in [-0.25, -0.2) is 0 Å². The number of aryl methyl sites for hydroxylation is 2. The number of carbonyl (C=O) groups is 1. The second-order valence-corrected chi connectivity index (χ2v) is 7.95. The molecule has 0 spiro atoms. The molecule has 3 aromatic rings. The summed E-state index contributed by atoms with van der Waals surface area (Å²) in [4.78, 5) is 12.5. The van der Waals surface area contributed by atoms with Crippen molar-refractivity contribution in [2.24, 2.45) is 0 Å². The van der Waals surface area contributed by atoms with E-state index in [-0.39, 0.29) is 11.9 Å². The Morgan fingerprint density at radius 2 is 1.96 bits per heavy atom. The van der Waals surface area contributed by atoms with Crippen LogP contribution < -0.4 is 5.32 Å². The van der Waals surface area contributed by atoms with Crippen LogP contribution in [-0.4, -0.2) is 26.4 Å². The van der Waals surface area contributed by atoms with Crippen LogP contribution in [0.25, 0.3) is 11.4 Å². The molecule has 1 atom stereocenters. The van der Waals surface area contributed by atoms with Crippen LogP contribution in [-0.2, 0) is 17.8 Å². The molecule has 144 valence electrons. The first kappa shape index (κ1) is 18.7. The van der Waals surface area contributed by atoms with Crippen LogP contribution in [0.4, 0.5) is 0 Å². The zero-order chi connectivity index (χ0) is 19.5. The summed E-state index contributed by atoms with van der Waals surface area (Å²) in [5.41, 5.74) is 4.84. The monoisotopic (exact) mass is 392 g/mol. The fourth-order valence-electron chi connectivity index (χ4n) is 3.78. The number of carbonyl (C=O) groups excluding carboxylic acids is 1. The van der Waals surface area contributed by atoms with Crippen molar-refractivity contribution in [1.29, 1.82) is 0 Å². The lowest BCUT2D eigenvalue weighted by Crippen LogP contribution is -2.28. The Morgan fingerprint density at radius 1 is 1.18 bits per heavy atom. The topological polar surface area (TPSA) is 59.8 Å². The van der Waals surface area contributed by atoms with Crippen LogP contribution in [0.2, 0.25) is 0 Å². The third kappa shape index (κ3) is 3.69. The summed E-state index contributed by atoms with van der Waals surface area (Å²) >= 11 is 1.44. The van der Waals surface area contributed by atoms with Gasteiger partial charge in [0.05, 0.1) is 11.8 Å². The summed E-state index contributed by atoms with van der Waals surface area (Å²) in [5.74, 6) is 1.23. The van der Waals surface area contributed by atoms with Gasteiger partial charge in [0, 0.05) is 12.1 Å². The van der Waals surface area contributed by atoms with Gasteiger partial charge >= 0.3 is 0 Å². The van der Waals surface area contributed by atoms with Gasteiger partial charge in [0.15, 0.2) is 11.0 Å². The fraction of sp³-hybridized carbons (Fsp3) is 0.318. The number of benzene rings is 2. The van der Waals surface area contributed by atoms with Gasteiger partial charge in [-0.2, -0.15) is 0 Å². The van der Waals surface area contributed by atoms with E-state index in [2.05, 4.69) is 64.3 Å². The molecular formula is C22H24N4OS. The average Bonchev–Trinajstić information content (AvgIpc) is 3.31. The third-order valence-electron chi connectivity index (χ3n) is 5.22. The van der Waals surface area contributed by atoms with Crippen molar-refractivity contribution in [2.75, 3.05) is 5.75 Å². The van der Waals surface area contributed by atoms with Crippen LogP contribution in [0.5, 0.6) is 0 Å². The van der Waals surface area contributed by atoms with Crippen molar-refractivity contribution in [3.8, 4) is 11.4 Å². The number of aromatic nitrogens is 3. The predicted octanol–water partition coefficient (Wildman–Crippen LogP) is 4.17. The fourth-order valence-corrected chi connectivity index (χ4v) is 4.59. The van der Waals surface area contributed by atoms with E-state index in [0.29, 0.717) is 5.75 Å². The molecule has 1 N–H and O–H groups in total. The van der Waals surface area contributed by atoms with Gasteiger partial charge in [-0.15, -0.1) is 10.2 Å². The van der Waals surface area contributed by atoms with E-state index in [9.17, 15) is 4.79 Å². The quantitative estimate of drug-likeness (QED) is 0.640. The molecule has 0 radical (unpaired) electrons. The van der Waals surface area contributed by atoms with Gasteiger partial charge in [0.2, 0.25) is 5.91 Å². The highest BCUT2D eigenvalue weighted by Crippen LogP contribution is 2.31. The Balaban J connectivity index is 1.43. The Hall–Kier alpha value is -2.60. The molecule has 1 heterocycles. The second-order valence-electron chi connectivity index (χ2n) is 7.01. The molecule has 4 rings (SSSR count). The first-order valence-electron chi connectivity index (χ1n) is 9.66. The maximum atomic E-state index is 12.5. The van der Waals surface area contributed by atoms with Crippen LogP contribution in [0, 0.1) is 6.92 Å². The van der Waals surface area contributed by atoms with Crippen LogP contribution in [0.3, 0.4) is 0 Å². The molecule has 0 bridgehead atoms. The minimum absolute atomic E-state index is 0.0368. The van der Waals surface area contributed by atoms with E-state index in [4.69, 9.17) is 0 Å². The Bertz CT molecular complexity index is 998. The number of rotatable bonds is 6. The normalized spacial score (nSPS) is 15.4. The van der Waals surface area contributed by atoms with Crippen LogP contribution in [0.1, 0.15) is 36.1 Å². The molecule has 0 saturated carbocycles. The molecule has 6 heteroatoms. The van der Waals surface area contributed by atoms with Crippen LogP contribution in [0.15, 0.2) is 53.7 Å². The van der Waals surface area contributed by atoms with Gasteiger partial charge in [-0.3, -0.25) is 4.79 Å². The van der Waals surface area contributed by atoms with Gasteiger partial charge in [-0.1, -0.05) is 60.3 Å². The molecule has 1 amide bonds. The molecule has 0 saturated heterocycles. The van der Waals surface area contributed by atoms with Gasteiger partial charge in [-0.05, 0) is 43.4 Å². The van der Waals surface area contributed by atoms with Crippen molar-refractivity contribution in [3.63, 3.8) is 0 Å². The molecule has 1 aromatic heterocycles. The van der Waals surface area contributed by atoms with Gasteiger partial charge < -0.3 is 9.88 Å². The maximum absolute atomic E-state index is 12.5. The predicted molar refractivity (Wildman–Crippen MR) is 112 cm³/mol. The van der Waals surface area contributed by atoms with Gasteiger partial charge in [0.25, 0.3) is 0 Å². The molecule has 1 aliphatic carbocycles. The van der Waals surface area contributed by atoms with Crippen molar-refractivity contribution in [3.05, 3.63) is 65.2 Å². The number of hydrogen-bond donors (Lipinski definition) is 1. The summed E-state index contributed by atoms with van der Waals surface area (Å²) in [6.07, 6.45) is 2.00. The Labute approximate surface area is 169 Å². The maximum Gasteiger partial charge on any atom is 0.230 e. The molecule has 2 aromatic carbocycles. The largest absolute Gasteiger partial charge is 0.349 e. The lowest BCUT2D eigenvalue weighted by atomic mass is 10.1. The highest BCUT2D eigenvalue weighted by molar-refractivity contribution is 7.99. The average molecular weight is 393 g/mol. The summed E-state index contributed by atoms with van der Waals surface area (Å²) in [6.45, 7) is 4.91. The highest BCUT2D eigenvalue weighted by atomic mass is 32.2. The number of hydrogen-bond acceptors (Lipinski definition) is 4. The van der Waals surface area contributed by atoms with E-state index < -0.39 is 0 Å². The first-order chi connectivity index (χ1) is 13.7. The summed E-state index contributed by atoms with van der Waals surface area (Å²) in [5, 5.41) is 12.7. The van der Waals surface area contributed by atoms with E-state index in [1.807, 2.05) is 18.2 Å². The van der Waals surface area contributed by atoms with E-state index in [1.165, 1.54) is 28.5 Å². The number of amides is 1. The van der Waals surface area contributed by atoms with Crippen molar-refractivity contribution >= 4 is 17.7 Å². The standard InChI is InChI=1S/C22H24N4OS/c1-3-26-21(17-10-6-4-8-15(17)2)24-25-22(26)28-14-20(27)23-19-13-12-16-9-5-7-11-18(16)19/h4-11,19H,3,12-14H2,1-2H3,(H,23,27). The molecule has 0 aliphatic heterocycles. The van der Waals surface area contributed by atoms with E-state index in [0.717, 1.165) is 35.9 Å². The second kappa shape index (κ2) is 8.19. The zero-order valence-electron chi connectivity index (χ0n) is 16.2. The van der Waals surface area contributed by atoms with Crippen LogP contribution >= 0.6 is 11.8 Å². The molecule has 28 heavy (non-hydrogen) atoms. The molecule has 1 unspecified atom stereocenters. The Morgan fingerprint density at radius 3 is 2.79 bits per heavy atom. The molecule has 1 aliphatic rings. The lowest BCUT2D eigenvalue weighted by Gasteiger charge is -2.14. The van der Waals surface area contributed by atoms with E-state index >= 15 is 0 Å². The van der Waals surface area contributed by atoms with Crippen molar-refractivity contribution in [2.45, 2.75) is 44.4 Å². The number of fused-ring (bicyclic) bond motifs is 1. The summed E-state index contributed by atoms with van der Waals surface area (Å²) in [7, 11) is 0. The molecule has 5 nitrogen and oxygen atoms in total. The number of thioether (sulfide) groups is 1. The minimum Gasteiger partial charge on any atom is -0.349 e. The summed E-state index contributed by atoms with van der Waals surface area (Å²) in [6, 6.07) is 16.6. The highest BCUT2D eigenvalue weighted by Gasteiger charge is 2.23. The third-order valence-corrected chi connectivity index (χ3v) is 6.19. The zero-order valence-corrected chi connectivity index (χ0v) is 17.0. The molecule has 0 fully saturated rings.